The van der Waals surface area contributed by atoms with Crippen LogP contribution in [0.3, 0.4) is 0 Å². The number of nitrogens with zero attached hydrogens (tertiary/aromatic N) is 1. The van der Waals surface area contributed by atoms with Crippen molar-refractivity contribution < 1.29 is 19.5 Å². The maximum atomic E-state index is 11.9. The number of benzene rings is 1. The van der Waals surface area contributed by atoms with Gasteiger partial charge in [-0.1, -0.05) is 12.1 Å². The van der Waals surface area contributed by atoms with E-state index in [-0.39, 0.29) is 17.7 Å². The van der Waals surface area contributed by atoms with Gasteiger partial charge in [-0.15, -0.1) is 0 Å². The Kier molecular flexibility index (Phi) is 5.21. The van der Waals surface area contributed by atoms with E-state index >= 15 is 0 Å². The molecule has 3 N–H and O–H groups in total. The van der Waals surface area contributed by atoms with Crippen LogP contribution in [-0.4, -0.2) is 42.6 Å². The third kappa shape index (κ3) is 4.29. The van der Waals surface area contributed by atoms with Crippen LogP contribution >= 0.6 is 0 Å². The van der Waals surface area contributed by atoms with Crippen LogP contribution in [0.4, 0.5) is 10.5 Å². The first-order chi connectivity index (χ1) is 12.0. The van der Waals surface area contributed by atoms with Crippen molar-refractivity contribution in [3.8, 4) is 0 Å². The molecular formula is C18H23N3O4. The average molecular weight is 345 g/mol. The lowest BCUT2D eigenvalue weighted by Crippen LogP contribution is -2.39. The molecule has 3 amide bonds. The van der Waals surface area contributed by atoms with Crippen molar-refractivity contribution in [1.29, 1.82) is 0 Å². The second-order valence-corrected chi connectivity index (χ2v) is 6.71. The second-order valence-electron chi connectivity index (χ2n) is 6.71. The van der Waals surface area contributed by atoms with Crippen LogP contribution in [0.15, 0.2) is 24.3 Å². The van der Waals surface area contributed by atoms with Gasteiger partial charge in [0.1, 0.15) is 0 Å². The molecule has 0 spiro atoms. The first-order valence-electron chi connectivity index (χ1n) is 8.68. The minimum Gasteiger partial charge on any atom is -0.465 e. The van der Waals surface area contributed by atoms with Crippen molar-refractivity contribution >= 4 is 23.6 Å². The first kappa shape index (κ1) is 17.3. The van der Waals surface area contributed by atoms with Gasteiger partial charge in [0.25, 0.3) is 0 Å². The van der Waals surface area contributed by atoms with Gasteiger partial charge >= 0.3 is 6.09 Å². The predicted molar refractivity (Wildman–Crippen MR) is 92.5 cm³/mol. The number of imide groups is 1. The summed E-state index contributed by atoms with van der Waals surface area (Å²) in [5.74, 6) is -0.274. The molecule has 0 aliphatic carbocycles. The van der Waals surface area contributed by atoms with E-state index in [4.69, 9.17) is 5.11 Å². The Balaban J connectivity index is 1.55. The molecule has 2 aliphatic heterocycles. The number of carbonyl (C=O) groups is 3. The normalized spacial score (nSPS) is 21.8. The van der Waals surface area contributed by atoms with Gasteiger partial charge in [0.15, 0.2) is 0 Å². The lowest BCUT2D eigenvalue weighted by atomic mass is 9.90. The van der Waals surface area contributed by atoms with Crippen LogP contribution in [0.25, 0.3) is 0 Å². The molecule has 1 aromatic carbocycles. The quantitative estimate of drug-likeness (QED) is 0.721. The van der Waals surface area contributed by atoms with Crippen molar-refractivity contribution in [2.45, 2.75) is 31.6 Å². The molecule has 7 nitrogen and oxygen atoms in total. The van der Waals surface area contributed by atoms with Gasteiger partial charge in [-0.05, 0) is 42.9 Å². The molecule has 0 bridgehead atoms. The summed E-state index contributed by atoms with van der Waals surface area (Å²) in [5, 5.41) is 13.5. The van der Waals surface area contributed by atoms with Crippen molar-refractivity contribution in [2.75, 3.05) is 24.5 Å². The van der Waals surface area contributed by atoms with Crippen LogP contribution in [0, 0.1) is 5.92 Å². The third-order valence-corrected chi connectivity index (χ3v) is 5.06. The van der Waals surface area contributed by atoms with Crippen molar-refractivity contribution in [3.05, 3.63) is 29.8 Å². The van der Waals surface area contributed by atoms with Crippen LogP contribution < -0.4 is 15.5 Å². The summed E-state index contributed by atoms with van der Waals surface area (Å²) in [6.07, 6.45) is 1.89. The molecular weight excluding hydrogens is 322 g/mol. The monoisotopic (exact) mass is 345 g/mol. The van der Waals surface area contributed by atoms with Gasteiger partial charge in [-0.3, -0.25) is 14.9 Å². The Bertz CT molecular complexity index is 651. The Morgan fingerprint density at radius 1 is 1.16 bits per heavy atom. The average Bonchev–Trinajstić information content (AvgIpc) is 2.61. The fourth-order valence-corrected chi connectivity index (χ4v) is 3.56. The summed E-state index contributed by atoms with van der Waals surface area (Å²) in [4.78, 5) is 36.0. The number of anilines is 1. The van der Waals surface area contributed by atoms with E-state index in [2.05, 4.69) is 15.5 Å². The molecule has 3 rings (SSSR count). The maximum absolute atomic E-state index is 11.9. The molecule has 0 aromatic heterocycles. The highest BCUT2D eigenvalue weighted by Crippen LogP contribution is 2.28. The third-order valence-electron chi connectivity index (χ3n) is 5.06. The van der Waals surface area contributed by atoms with E-state index < -0.39 is 6.09 Å². The van der Waals surface area contributed by atoms with Crippen molar-refractivity contribution in [3.63, 3.8) is 0 Å². The molecule has 7 heteroatoms. The summed E-state index contributed by atoms with van der Waals surface area (Å²) in [5.41, 5.74) is 2.05. The minimum absolute atomic E-state index is 0.196. The first-order valence-corrected chi connectivity index (χ1v) is 8.68. The van der Waals surface area contributed by atoms with Crippen LogP contribution in [-0.2, 0) is 9.59 Å². The molecule has 1 atom stereocenters. The lowest BCUT2D eigenvalue weighted by Gasteiger charge is -2.33. The second kappa shape index (κ2) is 7.55. The Hall–Kier alpha value is -2.57. The summed E-state index contributed by atoms with van der Waals surface area (Å²) < 4.78 is 0. The lowest BCUT2D eigenvalue weighted by molar-refractivity contribution is -0.134. The molecule has 134 valence electrons. The molecule has 2 aliphatic rings. The minimum atomic E-state index is -0.966. The number of carbonyl (C=O) groups excluding carboxylic acids is 2. The number of rotatable bonds is 4. The van der Waals surface area contributed by atoms with E-state index in [1.807, 2.05) is 24.3 Å². The summed E-state index contributed by atoms with van der Waals surface area (Å²) in [7, 11) is 0. The number of piperidine rings is 2. The standard InChI is InChI=1S/C18H23N3O4/c22-16-6-5-15(17(23)20-16)13-1-3-14(4-2-13)21-9-7-12(8-10-21)11-19-18(24)25/h1-4,12,15,19H,5-11H2,(H,24,25)(H,20,22,23). The Labute approximate surface area is 146 Å². The maximum Gasteiger partial charge on any atom is 0.404 e. The predicted octanol–water partition coefficient (Wildman–Crippen LogP) is 1.69. The van der Waals surface area contributed by atoms with E-state index in [9.17, 15) is 14.4 Å². The van der Waals surface area contributed by atoms with Gasteiger partial charge in [-0.2, -0.15) is 0 Å². The Morgan fingerprint density at radius 3 is 2.44 bits per heavy atom. The highest BCUT2D eigenvalue weighted by Gasteiger charge is 2.28. The van der Waals surface area contributed by atoms with Crippen LogP contribution in [0.1, 0.15) is 37.2 Å². The van der Waals surface area contributed by atoms with Crippen LogP contribution in [0.2, 0.25) is 0 Å². The zero-order valence-corrected chi connectivity index (χ0v) is 14.0. The molecule has 25 heavy (non-hydrogen) atoms. The molecule has 0 saturated carbocycles. The fraction of sp³-hybridized carbons (Fsp3) is 0.500. The topological polar surface area (TPSA) is 98.7 Å². The van der Waals surface area contributed by atoms with E-state index in [0.717, 1.165) is 37.2 Å². The molecule has 2 saturated heterocycles. The number of carboxylic acid groups (broad SMARTS) is 1. The van der Waals surface area contributed by atoms with Gasteiger partial charge < -0.3 is 15.3 Å². The fourth-order valence-electron chi connectivity index (χ4n) is 3.56. The largest absolute Gasteiger partial charge is 0.465 e. The smallest absolute Gasteiger partial charge is 0.404 e. The summed E-state index contributed by atoms with van der Waals surface area (Å²) in [6.45, 7) is 2.30. The number of nitrogens with one attached hydrogen (secondary N) is 2. The highest BCUT2D eigenvalue weighted by molar-refractivity contribution is 6.00. The van der Waals surface area contributed by atoms with E-state index in [1.54, 1.807) is 0 Å². The summed E-state index contributed by atoms with van der Waals surface area (Å²) >= 11 is 0. The van der Waals surface area contributed by atoms with Crippen molar-refractivity contribution in [1.82, 2.24) is 10.6 Å². The molecule has 1 aromatic rings. The molecule has 2 fully saturated rings. The Morgan fingerprint density at radius 2 is 1.84 bits per heavy atom. The number of amides is 3. The molecule has 0 radical (unpaired) electrons. The molecule has 1 unspecified atom stereocenters. The van der Waals surface area contributed by atoms with Gasteiger partial charge in [0, 0.05) is 31.7 Å². The SMILES string of the molecule is O=C(O)NCC1CCN(c2ccc(C3CCC(=O)NC3=O)cc2)CC1. The number of hydrogen-bond acceptors (Lipinski definition) is 4. The highest BCUT2D eigenvalue weighted by atomic mass is 16.4. The van der Waals surface area contributed by atoms with Crippen LogP contribution in [0.5, 0.6) is 0 Å². The zero-order chi connectivity index (χ0) is 17.8. The van der Waals surface area contributed by atoms with Gasteiger partial charge in [-0.25, -0.2) is 4.79 Å². The van der Waals surface area contributed by atoms with Gasteiger partial charge in [0.05, 0.1) is 5.92 Å². The zero-order valence-electron chi connectivity index (χ0n) is 14.0. The van der Waals surface area contributed by atoms with E-state index in [1.165, 1.54) is 0 Å². The number of hydrogen-bond donors (Lipinski definition) is 3. The van der Waals surface area contributed by atoms with Gasteiger partial charge in [0.2, 0.25) is 11.8 Å². The van der Waals surface area contributed by atoms with Crippen molar-refractivity contribution in [2.24, 2.45) is 5.92 Å². The molecule has 2 heterocycles. The summed E-state index contributed by atoms with van der Waals surface area (Å²) in [6, 6.07) is 7.98. The van der Waals surface area contributed by atoms with E-state index in [0.29, 0.717) is 25.3 Å².